The summed E-state index contributed by atoms with van der Waals surface area (Å²) in [6, 6.07) is 4.53. The van der Waals surface area contributed by atoms with Gasteiger partial charge in [-0.1, -0.05) is 36.0 Å². The lowest BCUT2D eigenvalue weighted by molar-refractivity contribution is 0.628. The third-order valence-electron chi connectivity index (χ3n) is 3.76. The van der Waals surface area contributed by atoms with Crippen LogP contribution in [0.1, 0.15) is 37.3 Å². The zero-order valence-electron chi connectivity index (χ0n) is 11.0. The molecule has 0 spiro atoms. The molecule has 0 radical (unpaired) electrons. The van der Waals surface area contributed by atoms with E-state index in [1.54, 1.807) is 6.07 Å². The first-order chi connectivity index (χ1) is 10.1. The van der Waals surface area contributed by atoms with E-state index >= 15 is 0 Å². The van der Waals surface area contributed by atoms with Crippen LogP contribution in [0.5, 0.6) is 0 Å². The van der Waals surface area contributed by atoms with Crippen LogP contribution in [0.3, 0.4) is 0 Å². The van der Waals surface area contributed by atoms with E-state index in [1.807, 2.05) is 0 Å². The fourth-order valence-corrected chi connectivity index (χ4v) is 3.47. The summed E-state index contributed by atoms with van der Waals surface area (Å²) in [5.41, 5.74) is 1.49. The van der Waals surface area contributed by atoms with Gasteiger partial charge in [0, 0.05) is 11.5 Å². The van der Waals surface area contributed by atoms with Crippen LogP contribution >= 0.6 is 39.1 Å². The second-order valence-corrected chi connectivity index (χ2v) is 6.71. The summed E-state index contributed by atoms with van der Waals surface area (Å²) in [4.78, 5) is 8.85. The van der Waals surface area contributed by atoms with E-state index in [0.29, 0.717) is 22.5 Å². The third-order valence-corrected chi connectivity index (χ3v) is 5.35. The molecule has 6 heteroatoms. The van der Waals surface area contributed by atoms with Crippen LogP contribution in [0.15, 0.2) is 22.7 Å². The quantitative estimate of drug-likeness (QED) is 0.587. The maximum atomic E-state index is 13.6. The monoisotopic (exact) mass is 388 g/mol. The Hall–Kier alpha value is -0.710. The van der Waals surface area contributed by atoms with Gasteiger partial charge in [0.15, 0.2) is 5.82 Å². The molecule has 1 aromatic heterocycles. The largest absolute Gasteiger partial charge is 0.231 e. The Bertz CT molecular complexity index is 688. The Morgan fingerprint density at radius 2 is 1.86 bits per heavy atom. The zero-order chi connectivity index (χ0) is 15.0. The van der Waals surface area contributed by atoms with Crippen molar-refractivity contribution in [3.63, 3.8) is 0 Å². The summed E-state index contributed by atoms with van der Waals surface area (Å²) in [6.07, 6.45) is 4.59. The van der Waals surface area contributed by atoms with E-state index in [2.05, 4.69) is 25.9 Å². The van der Waals surface area contributed by atoms with Gasteiger partial charge < -0.3 is 0 Å². The predicted octanol–water partition coefficient (Wildman–Crippen LogP) is 6.01. The molecule has 2 aromatic rings. The van der Waals surface area contributed by atoms with E-state index in [1.165, 1.54) is 25.0 Å². The number of benzene rings is 1. The zero-order valence-corrected chi connectivity index (χ0v) is 14.1. The molecule has 0 amide bonds. The minimum atomic E-state index is -0.487. The molecule has 0 aliphatic heterocycles. The molecule has 1 aromatic carbocycles. The maximum Gasteiger partial charge on any atom is 0.161 e. The smallest absolute Gasteiger partial charge is 0.161 e. The van der Waals surface area contributed by atoms with Crippen molar-refractivity contribution in [2.75, 3.05) is 0 Å². The molecule has 1 fully saturated rings. The molecule has 110 valence electrons. The molecule has 21 heavy (non-hydrogen) atoms. The molecule has 0 saturated heterocycles. The SMILES string of the molecule is Fc1cc(-c2nc(Cl)c(Br)c(C3CCCC3)n2)ccc1Cl. The molecule has 2 nitrogen and oxygen atoms in total. The van der Waals surface area contributed by atoms with Crippen molar-refractivity contribution in [1.29, 1.82) is 0 Å². The molecule has 3 rings (SSSR count). The summed E-state index contributed by atoms with van der Waals surface area (Å²) in [5, 5.41) is 0.440. The minimum absolute atomic E-state index is 0.0815. The van der Waals surface area contributed by atoms with Crippen LogP contribution in [0.4, 0.5) is 4.39 Å². The predicted molar refractivity (Wildman–Crippen MR) is 86.4 cm³/mol. The lowest BCUT2D eigenvalue weighted by Gasteiger charge is -2.13. The van der Waals surface area contributed by atoms with Gasteiger partial charge in [0.05, 0.1) is 15.2 Å². The minimum Gasteiger partial charge on any atom is -0.231 e. The topological polar surface area (TPSA) is 25.8 Å². The summed E-state index contributed by atoms with van der Waals surface area (Å²) in [5.74, 6) is 0.329. The molecule has 0 atom stereocenters. The van der Waals surface area contributed by atoms with E-state index in [4.69, 9.17) is 23.2 Å². The van der Waals surface area contributed by atoms with Crippen molar-refractivity contribution in [3.8, 4) is 11.4 Å². The van der Waals surface area contributed by atoms with Crippen LogP contribution in [-0.4, -0.2) is 9.97 Å². The van der Waals surface area contributed by atoms with Crippen molar-refractivity contribution in [2.45, 2.75) is 31.6 Å². The van der Waals surface area contributed by atoms with Gasteiger partial charge in [-0.2, -0.15) is 0 Å². The van der Waals surface area contributed by atoms with Crippen LogP contribution in [0.2, 0.25) is 10.2 Å². The Morgan fingerprint density at radius 1 is 1.14 bits per heavy atom. The van der Waals surface area contributed by atoms with Gasteiger partial charge in [0.25, 0.3) is 0 Å². The van der Waals surface area contributed by atoms with Crippen molar-refractivity contribution < 1.29 is 4.39 Å². The Labute approximate surface area is 140 Å². The second-order valence-electron chi connectivity index (χ2n) is 5.15. The molecule has 0 N–H and O–H groups in total. The Morgan fingerprint density at radius 3 is 2.52 bits per heavy atom. The average molecular weight is 390 g/mol. The van der Waals surface area contributed by atoms with E-state index in [-0.39, 0.29) is 5.02 Å². The molecule has 1 heterocycles. The Balaban J connectivity index is 2.08. The molecule has 1 saturated carbocycles. The molecular formula is C15H12BrCl2FN2. The highest BCUT2D eigenvalue weighted by Crippen LogP contribution is 2.39. The average Bonchev–Trinajstić information content (AvgIpc) is 2.98. The van der Waals surface area contributed by atoms with Crippen LogP contribution in [-0.2, 0) is 0 Å². The van der Waals surface area contributed by atoms with Gasteiger partial charge in [0.1, 0.15) is 11.0 Å². The van der Waals surface area contributed by atoms with Gasteiger partial charge in [-0.15, -0.1) is 0 Å². The van der Waals surface area contributed by atoms with Gasteiger partial charge in [-0.05, 0) is 47.0 Å². The lowest BCUT2D eigenvalue weighted by atomic mass is 10.0. The fourth-order valence-electron chi connectivity index (χ4n) is 2.67. The maximum absolute atomic E-state index is 13.6. The molecule has 1 aliphatic carbocycles. The van der Waals surface area contributed by atoms with Gasteiger partial charge >= 0.3 is 0 Å². The molecule has 0 unspecified atom stereocenters. The summed E-state index contributed by atoms with van der Waals surface area (Å²) >= 11 is 15.4. The summed E-state index contributed by atoms with van der Waals surface area (Å²) in [7, 11) is 0. The first-order valence-corrected chi connectivity index (χ1v) is 8.29. The van der Waals surface area contributed by atoms with Gasteiger partial charge in [-0.3, -0.25) is 0 Å². The first kappa shape index (κ1) is 15.2. The fraction of sp³-hybridized carbons (Fsp3) is 0.333. The van der Waals surface area contributed by atoms with Crippen molar-refractivity contribution in [1.82, 2.24) is 9.97 Å². The summed E-state index contributed by atoms with van der Waals surface area (Å²) in [6.45, 7) is 0. The number of aromatic nitrogens is 2. The molecule has 1 aliphatic rings. The van der Waals surface area contributed by atoms with Crippen LogP contribution in [0.25, 0.3) is 11.4 Å². The lowest BCUT2D eigenvalue weighted by Crippen LogP contribution is -2.03. The number of nitrogens with zero attached hydrogens (tertiary/aromatic N) is 2. The van der Waals surface area contributed by atoms with Crippen LogP contribution in [0, 0.1) is 5.82 Å². The second kappa shape index (κ2) is 6.19. The number of hydrogen-bond donors (Lipinski definition) is 0. The van der Waals surface area contributed by atoms with Gasteiger partial charge in [-0.25, -0.2) is 14.4 Å². The van der Waals surface area contributed by atoms with Crippen LogP contribution < -0.4 is 0 Å². The number of rotatable bonds is 2. The molecular weight excluding hydrogens is 378 g/mol. The normalized spacial score (nSPS) is 15.6. The van der Waals surface area contributed by atoms with E-state index in [9.17, 15) is 4.39 Å². The van der Waals surface area contributed by atoms with E-state index < -0.39 is 5.82 Å². The molecule has 0 bridgehead atoms. The summed E-state index contributed by atoms with van der Waals surface area (Å²) < 4.78 is 14.4. The van der Waals surface area contributed by atoms with E-state index in [0.717, 1.165) is 23.0 Å². The van der Waals surface area contributed by atoms with Crippen molar-refractivity contribution in [3.05, 3.63) is 44.4 Å². The standard InChI is InChI=1S/C15H12BrCl2FN2/c16-12-13(8-3-1-2-4-8)20-15(21-14(12)18)9-5-6-10(17)11(19)7-9/h5-8H,1-4H2. The first-order valence-electron chi connectivity index (χ1n) is 6.74. The highest BCUT2D eigenvalue weighted by molar-refractivity contribution is 9.10. The van der Waals surface area contributed by atoms with Gasteiger partial charge in [0.2, 0.25) is 0 Å². The number of hydrogen-bond acceptors (Lipinski definition) is 2. The Kier molecular flexibility index (Phi) is 4.48. The number of halogens is 4. The highest BCUT2D eigenvalue weighted by Gasteiger charge is 2.24. The van der Waals surface area contributed by atoms with Crippen molar-refractivity contribution >= 4 is 39.1 Å². The third kappa shape index (κ3) is 3.08. The van der Waals surface area contributed by atoms with Crippen molar-refractivity contribution in [2.24, 2.45) is 0 Å². The highest BCUT2D eigenvalue weighted by atomic mass is 79.9.